The zero-order chi connectivity index (χ0) is 26.9. The maximum atomic E-state index is 13.3. The van der Waals surface area contributed by atoms with Crippen molar-refractivity contribution in [1.29, 1.82) is 0 Å². The molecular weight excluding hydrogens is 476 g/mol. The third-order valence-electron chi connectivity index (χ3n) is 5.60. The number of para-hydroxylation sites is 1. The van der Waals surface area contributed by atoms with E-state index in [0.717, 1.165) is 4.57 Å². The Bertz CT molecular complexity index is 1390. The van der Waals surface area contributed by atoms with E-state index < -0.39 is 23.1 Å². The Morgan fingerprint density at radius 2 is 1.62 bits per heavy atom. The van der Waals surface area contributed by atoms with Crippen molar-refractivity contribution in [2.24, 2.45) is 0 Å². The van der Waals surface area contributed by atoms with E-state index in [-0.39, 0.29) is 31.6 Å². The second kappa shape index (κ2) is 12.7. The topological polar surface area (TPSA) is 128 Å². The van der Waals surface area contributed by atoms with Gasteiger partial charge in [-0.25, -0.2) is 9.59 Å². The highest BCUT2D eigenvalue weighted by Gasteiger charge is 2.16. The van der Waals surface area contributed by atoms with Crippen LogP contribution in [0.2, 0.25) is 0 Å². The first kappa shape index (κ1) is 27.4. The predicted octanol–water partition coefficient (Wildman–Crippen LogP) is 2.67. The summed E-state index contributed by atoms with van der Waals surface area (Å²) in [5.74, 6) is -1.00. The molecule has 0 fully saturated rings. The highest BCUT2D eigenvalue weighted by Crippen LogP contribution is 2.12. The lowest BCUT2D eigenvalue weighted by atomic mass is 10.2. The highest BCUT2D eigenvalue weighted by atomic mass is 16.5. The molecule has 196 valence electrons. The van der Waals surface area contributed by atoms with Crippen molar-refractivity contribution in [1.82, 2.24) is 14.5 Å². The van der Waals surface area contributed by atoms with Crippen LogP contribution in [0.4, 0.5) is 5.69 Å². The molecule has 3 aromatic rings. The van der Waals surface area contributed by atoms with Crippen molar-refractivity contribution < 1.29 is 19.1 Å². The van der Waals surface area contributed by atoms with E-state index in [2.05, 4.69) is 10.6 Å². The minimum atomic E-state index is -0.594. The largest absolute Gasteiger partial charge is 0.462 e. The van der Waals surface area contributed by atoms with Crippen molar-refractivity contribution in [2.45, 2.75) is 59.2 Å². The number of carbonyl (C=O) groups is 3. The summed E-state index contributed by atoms with van der Waals surface area (Å²) in [5.41, 5.74) is 0.138. The Balaban J connectivity index is 1.77. The van der Waals surface area contributed by atoms with Gasteiger partial charge >= 0.3 is 11.7 Å². The maximum Gasteiger partial charge on any atom is 0.338 e. The van der Waals surface area contributed by atoms with E-state index in [1.165, 1.54) is 16.7 Å². The molecule has 10 nitrogen and oxygen atoms in total. The molecule has 1 aromatic heterocycles. The van der Waals surface area contributed by atoms with Crippen molar-refractivity contribution in [3.8, 4) is 0 Å². The maximum absolute atomic E-state index is 13.3. The standard InChI is InChI=1S/C27H32N4O6/c1-4-37-26(35)19-12-14-20(15-13-19)29-24(33)17-31-22-10-6-5-9-21(22)25(34)30(27(31)36)16-8-7-11-23(32)28-18(2)3/h5-6,9-10,12-15,18H,4,7-8,11,16-17H2,1-3H3,(H,28,32)(H,29,33). The smallest absolute Gasteiger partial charge is 0.338 e. The van der Waals surface area contributed by atoms with Gasteiger partial charge in [-0.1, -0.05) is 12.1 Å². The highest BCUT2D eigenvalue weighted by molar-refractivity contribution is 5.93. The quantitative estimate of drug-likeness (QED) is 0.303. The molecule has 2 amide bonds. The number of nitrogens with one attached hydrogen (secondary N) is 2. The number of hydrogen-bond donors (Lipinski definition) is 2. The van der Waals surface area contributed by atoms with Crippen molar-refractivity contribution >= 4 is 34.4 Å². The van der Waals surface area contributed by atoms with Crippen LogP contribution in [0, 0.1) is 0 Å². The number of benzene rings is 2. The summed E-state index contributed by atoms with van der Waals surface area (Å²) in [7, 11) is 0. The summed E-state index contributed by atoms with van der Waals surface area (Å²) in [4.78, 5) is 62.8. The Morgan fingerprint density at radius 3 is 2.30 bits per heavy atom. The molecule has 0 saturated heterocycles. The van der Waals surface area contributed by atoms with E-state index in [1.807, 2.05) is 13.8 Å². The summed E-state index contributed by atoms with van der Waals surface area (Å²) in [6.45, 7) is 5.56. The number of anilines is 1. The molecule has 0 spiro atoms. The fourth-order valence-corrected chi connectivity index (χ4v) is 3.92. The number of carbonyl (C=O) groups excluding carboxylic acids is 3. The molecule has 37 heavy (non-hydrogen) atoms. The normalized spacial score (nSPS) is 10.9. The second-order valence-electron chi connectivity index (χ2n) is 8.87. The van der Waals surface area contributed by atoms with Gasteiger partial charge in [0.05, 0.1) is 23.1 Å². The molecule has 0 atom stereocenters. The van der Waals surface area contributed by atoms with Gasteiger partial charge in [-0.15, -0.1) is 0 Å². The third-order valence-corrected chi connectivity index (χ3v) is 5.60. The molecule has 2 N–H and O–H groups in total. The van der Waals surface area contributed by atoms with Gasteiger partial charge in [0.1, 0.15) is 6.54 Å². The summed E-state index contributed by atoms with van der Waals surface area (Å²) in [5, 5.41) is 5.85. The number of ether oxygens (including phenoxy) is 1. The van der Waals surface area contributed by atoms with E-state index in [0.29, 0.717) is 41.4 Å². The molecular formula is C27H32N4O6. The lowest BCUT2D eigenvalue weighted by molar-refractivity contribution is -0.121. The number of unbranched alkanes of at least 4 members (excludes halogenated alkanes) is 1. The minimum absolute atomic E-state index is 0.0458. The lowest BCUT2D eigenvalue weighted by Gasteiger charge is -2.14. The first-order valence-electron chi connectivity index (χ1n) is 12.3. The third kappa shape index (κ3) is 7.16. The molecule has 10 heteroatoms. The Hall–Kier alpha value is -4.21. The van der Waals surface area contributed by atoms with E-state index >= 15 is 0 Å². The fraction of sp³-hybridized carbons (Fsp3) is 0.370. The van der Waals surface area contributed by atoms with Crippen LogP contribution < -0.4 is 21.9 Å². The molecule has 0 bridgehead atoms. The van der Waals surface area contributed by atoms with Gasteiger partial charge < -0.3 is 15.4 Å². The first-order valence-corrected chi connectivity index (χ1v) is 12.3. The van der Waals surface area contributed by atoms with Crippen LogP contribution in [-0.4, -0.2) is 39.6 Å². The zero-order valence-electron chi connectivity index (χ0n) is 21.3. The lowest BCUT2D eigenvalue weighted by Crippen LogP contribution is -2.41. The Labute approximate surface area is 214 Å². The molecule has 0 aliphatic heterocycles. The number of fused-ring (bicyclic) bond motifs is 1. The van der Waals surface area contributed by atoms with Crippen molar-refractivity contribution in [3.63, 3.8) is 0 Å². The molecule has 0 unspecified atom stereocenters. The Kier molecular flexibility index (Phi) is 9.37. The first-order chi connectivity index (χ1) is 17.7. The predicted molar refractivity (Wildman–Crippen MR) is 141 cm³/mol. The van der Waals surface area contributed by atoms with Gasteiger partial charge in [-0.05, 0) is 70.0 Å². The number of hydrogen-bond acceptors (Lipinski definition) is 6. The average Bonchev–Trinajstić information content (AvgIpc) is 2.86. The van der Waals surface area contributed by atoms with Gasteiger partial charge in [0, 0.05) is 24.7 Å². The molecule has 1 heterocycles. The van der Waals surface area contributed by atoms with E-state index in [1.54, 1.807) is 43.3 Å². The number of amides is 2. The minimum Gasteiger partial charge on any atom is -0.462 e. The molecule has 0 radical (unpaired) electrons. The van der Waals surface area contributed by atoms with Crippen LogP contribution in [0.1, 0.15) is 50.4 Å². The van der Waals surface area contributed by atoms with Crippen LogP contribution in [0.5, 0.6) is 0 Å². The average molecular weight is 509 g/mol. The molecule has 0 aliphatic rings. The van der Waals surface area contributed by atoms with Gasteiger partial charge in [-0.2, -0.15) is 0 Å². The second-order valence-corrected chi connectivity index (χ2v) is 8.87. The van der Waals surface area contributed by atoms with E-state index in [4.69, 9.17) is 4.74 Å². The molecule has 3 rings (SSSR count). The number of nitrogens with zero attached hydrogens (tertiary/aromatic N) is 2. The van der Waals surface area contributed by atoms with Crippen molar-refractivity contribution in [2.75, 3.05) is 11.9 Å². The number of aromatic nitrogens is 2. The monoisotopic (exact) mass is 508 g/mol. The van der Waals surface area contributed by atoms with Gasteiger partial charge in [-0.3, -0.25) is 23.5 Å². The van der Waals surface area contributed by atoms with Crippen LogP contribution in [-0.2, 0) is 27.4 Å². The molecule has 2 aromatic carbocycles. The van der Waals surface area contributed by atoms with Gasteiger partial charge in [0.15, 0.2) is 0 Å². The van der Waals surface area contributed by atoms with Crippen LogP contribution in [0.15, 0.2) is 58.1 Å². The zero-order valence-corrected chi connectivity index (χ0v) is 21.3. The van der Waals surface area contributed by atoms with Crippen LogP contribution in [0.25, 0.3) is 10.9 Å². The van der Waals surface area contributed by atoms with Gasteiger partial charge in [0.25, 0.3) is 5.56 Å². The fourth-order valence-electron chi connectivity index (χ4n) is 3.92. The Morgan fingerprint density at radius 1 is 0.919 bits per heavy atom. The summed E-state index contributed by atoms with van der Waals surface area (Å²) in [6.07, 6.45) is 1.27. The van der Waals surface area contributed by atoms with Crippen LogP contribution >= 0.6 is 0 Å². The number of esters is 1. The summed E-state index contributed by atoms with van der Waals surface area (Å²) < 4.78 is 7.34. The van der Waals surface area contributed by atoms with Gasteiger partial charge in [0.2, 0.25) is 11.8 Å². The number of rotatable bonds is 11. The van der Waals surface area contributed by atoms with Crippen LogP contribution in [0.3, 0.4) is 0 Å². The molecule has 0 saturated carbocycles. The molecule has 0 aliphatic carbocycles. The van der Waals surface area contributed by atoms with E-state index in [9.17, 15) is 24.0 Å². The summed E-state index contributed by atoms with van der Waals surface area (Å²) in [6, 6.07) is 12.9. The van der Waals surface area contributed by atoms with Crippen molar-refractivity contribution in [3.05, 3.63) is 74.9 Å². The summed E-state index contributed by atoms with van der Waals surface area (Å²) >= 11 is 0. The SMILES string of the molecule is CCOC(=O)c1ccc(NC(=O)Cn2c(=O)n(CCCCC(=O)NC(C)C)c(=O)c3ccccc32)cc1.